The first kappa shape index (κ1) is 12.3. The van der Waals surface area contributed by atoms with Gasteiger partial charge in [-0.3, -0.25) is 4.79 Å². The van der Waals surface area contributed by atoms with Crippen molar-refractivity contribution in [3.8, 4) is 0 Å². The Bertz CT molecular complexity index is 221. The van der Waals surface area contributed by atoms with Gasteiger partial charge in [-0.05, 0) is 44.9 Å². The zero-order chi connectivity index (χ0) is 11.1. The highest BCUT2D eigenvalue weighted by molar-refractivity contribution is 5.69. The van der Waals surface area contributed by atoms with Crippen molar-refractivity contribution in [2.45, 2.75) is 58.5 Å². The summed E-state index contributed by atoms with van der Waals surface area (Å²) in [7, 11) is 0. The lowest BCUT2D eigenvalue weighted by Crippen LogP contribution is -2.15. The van der Waals surface area contributed by atoms with Crippen LogP contribution in [0.3, 0.4) is 0 Å². The minimum atomic E-state index is -0.0386. The van der Waals surface area contributed by atoms with Gasteiger partial charge >= 0.3 is 5.97 Å². The van der Waals surface area contributed by atoms with Crippen molar-refractivity contribution < 1.29 is 9.53 Å². The van der Waals surface area contributed by atoms with Crippen LogP contribution in [0, 0.1) is 5.92 Å². The van der Waals surface area contributed by atoms with Gasteiger partial charge in [0.1, 0.15) is 0 Å². The Morgan fingerprint density at radius 3 is 2.87 bits per heavy atom. The fourth-order valence-electron chi connectivity index (χ4n) is 1.81. The minimum Gasteiger partial charge on any atom is -0.463 e. The highest BCUT2D eigenvalue weighted by Crippen LogP contribution is 2.14. The first-order valence-electron chi connectivity index (χ1n) is 6.04. The van der Waals surface area contributed by atoms with Crippen LogP contribution >= 0.6 is 0 Å². The van der Waals surface area contributed by atoms with Crippen molar-refractivity contribution in [2.75, 3.05) is 0 Å². The maximum atomic E-state index is 11.4. The maximum Gasteiger partial charge on any atom is 0.306 e. The SMILES string of the molecule is CC1C=CCCCCC(C)OC(=O)CC1. The summed E-state index contributed by atoms with van der Waals surface area (Å²) < 4.78 is 5.31. The van der Waals surface area contributed by atoms with Crippen molar-refractivity contribution in [3.63, 3.8) is 0 Å². The van der Waals surface area contributed by atoms with Gasteiger partial charge in [0.25, 0.3) is 0 Å². The summed E-state index contributed by atoms with van der Waals surface area (Å²) in [6, 6.07) is 0. The summed E-state index contributed by atoms with van der Waals surface area (Å²) in [5.41, 5.74) is 0. The predicted octanol–water partition coefficient (Wildman–Crippen LogP) is 3.46. The molecule has 0 saturated carbocycles. The van der Waals surface area contributed by atoms with Gasteiger partial charge in [0.2, 0.25) is 0 Å². The molecule has 2 heteroatoms. The molecule has 86 valence electrons. The highest BCUT2D eigenvalue weighted by atomic mass is 16.5. The van der Waals surface area contributed by atoms with Crippen LogP contribution in [0.15, 0.2) is 12.2 Å². The summed E-state index contributed by atoms with van der Waals surface area (Å²) in [5.74, 6) is 0.454. The molecule has 0 saturated heterocycles. The lowest BCUT2D eigenvalue weighted by molar-refractivity contribution is -0.148. The number of hydrogen-bond donors (Lipinski definition) is 0. The van der Waals surface area contributed by atoms with Gasteiger partial charge in [-0.1, -0.05) is 19.1 Å². The van der Waals surface area contributed by atoms with Crippen molar-refractivity contribution >= 4 is 5.97 Å². The molecular formula is C13H22O2. The van der Waals surface area contributed by atoms with E-state index in [1.165, 1.54) is 6.42 Å². The molecule has 1 heterocycles. The molecule has 0 aromatic heterocycles. The summed E-state index contributed by atoms with van der Waals surface area (Å²) in [4.78, 5) is 11.4. The second kappa shape index (κ2) is 6.65. The summed E-state index contributed by atoms with van der Waals surface area (Å²) >= 11 is 0. The molecule has 2 atom stereocenters. The topological polar surface area (TPSA) is 26.3 Å². The largest absolute Gasteiger partial charge is 0.463 e. The Balaban J connectivity index is 2.45. The molecule has 15 heavy (non-hydrogen) atoms. The van der Waals surface area contributed by atoms with Crippen LogP contribution in [0.5, 0.6) is 0 Å². The number of esters is 1. The molecule has 2 unspecified atom stereocenters. The van der Waals surface area contributed by atoms with Crippen LogP contribution in [0.2, 0.25) is 0 Å². The fraction of sp³-hybridized carbons (Fsp3) is 0.769. The lowest BCUT2D eigenvalue weighted by Gasteiger charge is -2.14. The maximum absolute atomic E-state index is 11.4. The van der Waals surface area contributed by atoms with Crippen LogP contribution in [0.4, 0.5) is 0 Å². The van der Waals surface area contributed by atoms with Crippen LogP contribution in [0.25, 0.3) is 0 Å². The van der Waals surface area contributed by atoms with Gasteiger partial charge in [0.05, 0.1) is 6.10 Å². The standard InChI is InChI=1S/C13H22O2/c1-11-7-5-3-4-6-8-12(2)15-13(14)10-9-11/h5,7,11-12H,3-4,6,8-10H2,1-2H3. The molecule has 0 N–H and O–H groups in total. The first-order chi connectivity index (χ1) is 7.18. The number of rotatable bonds is 0. The summed E-state index contributed by atoms with van der Waals surface area (Å²) in [5, 5.41) is 0. The second-order valence-electron chi connectivity index (χ2n) is 4.53. The van der Waals surface area contributed by atoms with E-state index in [0.29, 0.717) is 12.3 Å². The van der Waals surface area contributed by atoms with Gasteiger partial charge in [-0.2, -0.15) is 0 Å². The number of allylic oxidation sites excluding steroid dienone is 2. The summed E-state index contributed by atoms with van der Waals surface area (Å²) in [6.07, 6.45) is 10.5. The minimum absolute atomic E-state index is 0.0386. The Morgan fingerprint density at radius 2 is 2.07 bits per heavy atom. The van der Waals surface area contributed by atoms with Gasteiger partial charge in [-0.15, -0.1) is 0 Å². The number of ether oxygens (including phenoxy) is 1. The van der Waals surface area contributed by atoms with Crippen LogP contribution in [-0.4, -0.2) is 12.1 Å². The van der Waals surface area contributed by atoms with Crippen LogP contribution in [-0.2, 0) is 9.53 Å². The van der Waals surface area contributed by atoms with Crippen LogP contribution in [0.1, 0.15) is 52.4 Å². The monoisotopic (exact) mass is 210 g/mol. The molecule has 0 aliphatic carbocycles. The molecule has 0 fully saturated rings. The molecule has 1 aliphatic rings. The Morgan fingerprint density at radius 1 is 1.27 bits per heavy atom. The van der Waals surface area contributed by atoms with E-state index in [0.717, 1.165) is 25.7 Å². The number of hydrogen-bond acceptors (Lipinski definition) is 2. The molecular weight excluding hydrogens is 188 g/mol. The molecule has 1 aliphatic heterocycles. The Hall–Kier alpha value is -0.790. The first-order valence-corrected chi connectivity index (χ1v) is 6.04. The zero-order valence-corrected chi connectivity index (χ0v) is 9.87. The van der Waals surface area contributed by atoms with E-state index >= 15 is 0 Å². The predicted molar refractivity (Wildman–Crippen MR) is 61.6 cm³/mol. The van der Waals surface area contributed by atoms with E-state index in [-0.39, 0.29) is 12.1 Å². The van der Waals surface area contributed by atoms with Crippen molar-refractivity contribution in [1.29, 1.82) is 0 Å². The molecule has 0 aromatic rings. The third-order valence-electron chi connectivity index (χ3n) is 2.83. The van der Waals surface area contributed by atoms with Gasteiger partial charge in [-0.25, -0.2) is 0 Å². The fourth-order valence-corrected chi connectivity index (χ4v) is 1.81. The lowest BCUT2D eigenvalue weighted by atomic mass is 10.0. The summed E-state index contributed by atoms with van der Waals surface area (Å²) in [6.45, 7) is 4.14. The van der Waals surface area contributed by atoms with Gasteiger partial charge in [0, 0.05) is 6.42 Å². The smallest absolute Gasteiger partial charge is 0.306 e. The van der Waals surface area contributed by atoms with E-state index in [2.05, 4.69) is 19.1 Å². The van der Waals surface area contributed by atoms with Gasteiger partial charge in [0.15, 0.2) is 0 Å². The normalized spacial score (nSPS) is 30.1. The number of cyclic esters (lactones) is 1. The van der Waals surface area contributed by atoms with Crippen molar-refractivity contribution in [3.05, 3.63) is 12.2 Å². The molecule has 0 spiro atoms. The molecule has 0 bridgehead atoms. The van der Waals surface area contributed by atoms with Crippen molar-refractivity contribution in [1.82, 2.24) is 0 Å². The van der Waals surface area contributed by atoms with Crippen LogP contribution < -0.4 is 0 Å². The average molecular weight is 210 g/mol. The third-order valence-corrected chi connectivity index (χ3v) is 2.83. The molecule has 0 amide bonds. The van der Waals surface area contributed by atoms with E-state index < -0.39 is 0 Å². The van der Waals surface area contributed by atoms with Crippen molar-refractivity contribution in [2.24, 2.45) is 5.92 Å². The zero-order valence-electron chi connectivity index (χ0n) is 9.87. The van der Waals surface area contributed by atoms with E-state index in [4.69, 9.17) is 4.74 Å². The van der Waals surface area contributed by atoms with E-state index in [9.17, 15) is 4.79 Å². The quantitative estimate of drug-likeness (QED) is 0.452. The molecule has 2 nitrogen and oxygen atoms in total. The third kappa shape index (κ3) is 5.60. The van der Waals surface area contributed by atoms with E-state index in [1.807, 2.05) is 6.92 Å². The molecule has 0 aromatic carbocycles. The Labute approximate surface area is 92.7 Å². The van der Waals surface area contributed by atoms with E-state index in [1.54, 1.807) is 0 Å². The second-order valence-corrected chi connectivity index (χ2v) is 4.53. The number of carbonyl (C=O) groups excluding carboxylic acids is 1. The average Bonchev–Trinajstić information content (AvgIpc) is 2.18. The highest BCUT2D eigenvalue weighted by Gasteiger charge is 2.11. The molecule has 1 rings (SSSR count). The van der Waals surface area contributed by atoms with Gasteiger partial charge < -0.3 is 4.74 Å². The number of carbonyl (C=O) groups is 1. The Kier molecular flexibility index (Phi) is 5.44. The molecule has 0 radical (unpaired) electrons.